The van der Waals surface area contributed by atoms with Crippen molar-refractivity contribution in [3.63, 3.8) is 0 Å². The lowest BCUT2D eigenvalue weighted by atomic mass is 10.1. The molecule has 2 aromatic heterocycles. The Hall–Kier alpha value is -3.03. The van der Waals surface area contributed by atoms with Crippen molar-refractivity contribution in [2.45, 2.75) is 29.4 Å². The molecule has 0 aliphatic carbocycles. The second-order valence-corrected chi connectivity index (χ2v) is 8.31. The van der Waals surface area contributed by atoms with Gasteiger partial charge in [0.2, 0.25) is 0 Å². The van der Waals surface area contributed by atoms with Crippen LogP contribution in [0.25, 0.3) is 0 Å². The summed E-state index contributed by atoms with van der Waals surface area (Å²) in [6, 6.07) is 22.7. The standard InChI is InChI=1S/C23H22N4O2S/c1-26-16-24-25-23(26)30-22-12-11-19(28-22)14-27-13-18-9-5-6-10-20(18)29-21(15-27)17-7-3-2-4-8-17/h2-12,16,21H,13-15H2,1H3/t21-/m0/s1. The van der Waals surface area contributed by atoms with Gasteiger partial charge in [-0.2, -0.15) is 0 Å². The van der Waals surface area contributed by atoms with Crippen LogP contribution in [-0.2, 0) is 20.1 Å². The topological polar surface area (TPSA) is 56.3 Å². The summed E-state index contributed by atoms with van der Waals surface area (Å²) in [7, 11) is 1.92. The predicted octanol–water partition coefficient (Wildman–Crippen LogP) is 4.70. The predicted molar refractivity (Wildman–Crippen MR) is 114 cm³/mol. The van der Waals surface area contributed by atoms with Crippen LogP contribution in [0.2, 0.25) is 0 Å². The molecule has 0 unspecified atom stereocenters. The maximum Gasteiger partial charge on any atom is 0.198 e. The van der Waals surface area contributed by atoms with E-state index in [9.17, 15) is 0 Å². The first-order valence-electron chi connectivity index (χ1n) is 9.87. The number of aromatic nitrogens is 3. The molecule has 0 amide bonds. The number of fused-ring (bicyclic) bond motifs is 1. The van der Waals surface area contributed by atoms with Crippen LogP contribution in [0, 0.1) is 0 Å². The average molecular weight is 419 g/mol. The molecule has 2 aromatic carbocycles. The van der Waals surface area contributed by atoms with Crippen LogP contribution in [0.15, 0.2) is 87.7 Å². The number of hydrogen-bond donors (Lipinski definition) is 0. The SMILES string of the molecule is Cn1cnnc1Sc1ccc(CN2Cc3ccccc3O[C@H](c3ccccc3)C2)o1. The molecule has 152 valence electrons. The molecule has 5 rings (SSSR count). The van der Waals surface area contributed by atoms with Crippen molar-refractivity contribution in [3.05, 3.63) is 89.9 Å². The van der Waals surface area contributed by atoms with Gasteiger partial charge in [0.1, 0.15) is 23.9 Å². The summed E-state index contributed by atoms with van der Waals surface area (Å²) in [5.74, 6) is 1.87. The van der Waals surface area contributed by atoms with E-state index in [0.717, 1.165) is 34.8 Å². The summed E-state index contributed by atoms with van der Waals surface area (Å²) >= 11 is 1.47. The Bertz CT molecular complexity index is 1120. The van der Waals surface area contributed by atoms with Crippen LogP contribution in [0.4, 0.5) is 0 Å². The molecule has 0 saturated carbocycles. The zero-order chi connectivity index (χ0) is 20.3. The van der Waals surface area contributed by atoms with Gasteiger partial charge in [-0.25, -0.2) is 0 Å². The zero-order valence-corrected chi connectivity index (χ0v) is 17.5. The molecule has 4 aromatic rings. The fourth-order valence-corrected chi connectivity index (χ4v) is 4.36. The molecule has 0 fully saturated rings. The molecule has 0 N–H and O–H groups in total. The molecule has 7 heteroatoms. The van der Waals surface area contributed by atoms with Crippen LogP contribution in [0.3, 0.4) is 0 Å². The van der Waals surface area contributed by atoms with Gasteiger partial charge in [0, 0.05) is 25.7 Å². The third-order valence-electron chi connectivity index (χ3n) is 5.11. The van der Waals surface area contributed by atoms with Crippen LogP contribution in [0.5, 0.6) is 5.75 Å². The van der Waals surface area contributed by atoms with Gasteiger partial charge >= 0.3 is 0 Å². The number of benzene rings is 2. The van der Waals surface area contributed by atoms with Gasteiger partial charge in [0.05, 0.1) is 6.54 Å². The van der Waals surface area contributed by atoms with E-state index in [2.05, 4.69) is 57.6 Å². The summed E-state index contributed by atoms with van der Waals surface area (Å²) in [6.07, 6.45) is 1.65. The minimum Gasteiger partial charge on any atom is -0.484 e. The summed E-state index contributed by atoms with van der Waals surface area (Å²) < 4.78 is 14.4. The van der Waals surface area contributed by atoms with Crippen LogP contribution < -0.4 is 4.74 Å². The Labute approximate surface area is 179 Å². The average Bonchev–Trinajstić information content (AvgIpc) is 3.33. The van der Waals surface area contributed by atoms with Crippen molar-refractivity contribution in [2.75, 3.05) is 6.54 Å². The number of rotatable bonds is 5. The smallest absolute Gasteiger partial charge is 0.198 e. The minimum atomic E-state index is -0.0303. The second kappa shape index (κ2) is 8.38. The summed E-state index contributed by atoms with van der Waals surface area (Å²) in [5.41, 5.74) is 2.37. The third kappa shape index (κ3) is 4.13. The Kier molecular flexibility index (Phi) is 5.29. The summed E-state index contributed by atoms with van der Waals surface area (Å²) in [4.78, 5) is 2.37. The van der Waals surface area contributed by atoms with Crippen molar-refractivity contribution in [3.8, 4) is 5.75 Å². The van der Waals surface area contributed by atoms with E-state index in [1.807, 2.05) is 35.9 Å². The van der Waals surface area contributed by atoms with Crippen molar-refractivity contribution < 1.29 is 9.15 Å². The molecule has 1 atom stereocenters. The van der Waals surface area contributed by atoms with E-state index >= 15 is 0 Å². The molecular weight excluding hydrogens is 396 g/mol. The van der Waals surface area contributed by atoms with Crippen LogP contribution in [0.1, 0.15) is 23.0 Å². The number of nitrogens with zero attached hydrogens (tertiary/aromatic N) is 4. The first kappa shape index (κ1) is 19.0. The van der Waals surface area contributed by atoms with Gasteiger partial charge in [0.15, 0.2) is 10.2 Å². The van der Waals surface area contributed by atoms with E-state index in [1.54, 1.807) is 6.33 Å². The maximum absolute atomic E-state index is 6.41. The van der Waals surface area contributed by atoms with E-state index in [1.165, 1.54) is 22.9 Å². The first-order chi connectivity index (χ1) is 14.7. The number of aryl methyl sites for hydroxylation is 1. The van der Waals surface area contributed by atoms with Gasteiger partial charge in [-0.3, -0.25) is 4.90 Å². The Morgan fingerprint density at radius 2 is 1.87 bits per heavy atom. The Morgan fingerprint density at radius 1 is 1.03 bits per heavy atom. The molecule has 0 saturated heterocycles. The molecule has 1 aliphatic heterocycles. The summed E-state index contributed by atoms with van der Waals surface area (Å²) in [6.45, 7) is 2.30. The molecule has 0 radical (unpaired) electrons. The lowest BCUT2D eigenvalue weighted by Gasteiger charge is -2.23. The third-order valence-corrected chi connectivity index (χ3v) is 6.08. The number of hydrogen-bond acceptors (Lipinski definition) is 6. The van der Waals surface area contributed by atoms with E-state index < -0.39 is 0 Å². The molecular formula is C23H22N4O2S. The Morgan fingerprint density at radius 3 is 2.70 bits per heavy atom. The fraction of sp³-hybridized carbons (Fsp3) is 0.217. The fourth-order valence-electron chi connectivity index (χ4n) is 3.61. The molecule has 3 heterocycles. The largest absolute Gasteiger partial charge is 0.484 e. The number of ether oxygens (including phenoxy) is 1. The van der Waals surface area contributed by atoms with Crippen molar-refractivity contribution in [1.82, 2.24) is 19.7 Å². The van der Waals surface area contributed by atoms with Gasteiger partial charge in [-0.05, 0) is 35.5 Å². The summed E-state index contributed by atoms with van der Waals surface area (Å²) in [5, 5.41) is 9.64. The lowest BCUT2D eigenvalue weighted by molar-refractivity contribution is 0.137. The molecule has 1 aliphatic rings. The highest BCUT2D eigenvalue weighted by Gasteiger charge is 2.25. The number of furan rings is 1. The monoisotopic (exact) mass is 418 g/mol. The van der Waals surface area contributed by atoms with E-state index in [4.69, 9.17) is 9.15 Å². The minimum absolute atomic E-state index is 0.0303. The number of para-hydroxylation sites is 1. The molecule has 30 heavy (non-hydrogen) atoms. The van der Waals surface area contributed by atoms with Crippen LogP contribution in [-0.4, -0.2) is 26.2 Å². The van der Waals surface area contributed by atoms with Gasteiger partial charge in [0.25, 0.3) is 0 Å². The zero-order valence-electron chi connectivity index (χ0n) is 16.6. The Balaban J connectivity index is 1.36. The highest BCUT2D eigenvalue weighted by molar-refractivity contribution is 7.99. The first-order valence-corrected chi connectivity index (χ1v) is 10.7. The van der Waals surface area contributed by atoms with Crippen LogP contribution >= 0.6 is 11.8 Å². The van der Waals surface area contributed by atoms with Gasteiger partial charge in [-0.1, -0.05) is 48.5 Å². The lowest BCUT2D eigenvalue weighted by Crippen LogP contribution is -2.27. The molecule has 6 nitrogen and oxygen atoms in total. The van der Waals surface area contributed by atoms with Crippen molar-refractivity contribution in [2.24, 2.45) is 7.05 Å². The van der Waals surface area contributed by atoms with E-state index in [0.29, 0.717) is 6.54 Å². The van der Waals surface area contributed by atoms with Crippen molar-refractivity contribution in [1.29, 1.82) is 0 Å². The molecule has 0 bridgehead atoms. The van der Waals surface area contributed by atoms with E-state index in [-0.39, 0.29) is 6.10 Å². The van der Waals surface area contributed by atoms with Crippen molar-refractivity contribution >= 4 is 11.8 Å². The second-order valence-electron chi connectivity index (χ2n) is 7.34. The highest BCUT2D eigenvalue weighted by Crippen LogP contribution is 2.33. The normalized spacial score (nSPS) is 16.6. The highest BCUT2D eigenvalue weighted by atomic mass is 32.2. The van der Waals surface area contributed by atoms with Gasteiger partial charge in [-0.15, -0.1) is 10.2 Å². The quantitative estimate of drug-likeness (QED) is 0.468. The maximum atomic E-state index is 6.41. The van der Waals surface area contributed by atoms with Gasteiger partial charge < -0.3 is 13.7 Å². The molecule has 0 spiro atoms.